The predicted octanol–water partition coefficient (Wildman–Crippen LogP) is 2.81. The summed E-state index contributed by atoms with van der Waals surface area (Å²) in [4.78, 5) is 14.6. The van der Waals surface area contributed by atoms with Crippen molar-refractivity contribution in [1.82, 2.24) is 10.6 Å². The molecule has 1 aromatic carbocycles. The molecule has 3 rings (SSSR count). The molecule has 0 bridgehead atoms. The fourth-order valence-corrected chi connectivity index (χ4v) is 4.01. The highest BCUT2D eigenvalue weighted by Gasteiger charge is 2.23. The summed E-state index contributed by atoms with van der Waals surface area (Å²) < 4.78 is 0. The van der Waals surface area contributed by atoms with Gasteiger partial charge in [-0.1, -0.05) is 24.1 Å². The predicted molar refractivity (Wildman–Crippen MR) is 101 cm³/mol. The molecule has 1 heterocycles. The minimum Gasteiger partial charge on any atom is -0.393 e. The zero-order chi connectivity index (χ0) is 17.6. The molecule has 1 aromatic rings. The number of amides is 2. The van der Waals surface area contributed by atoms with E-state index < -0.39 is 0 Å². The van der Waals surface area contributed by atoms with Crippen molar-refractivity contribution in [2.75, 3.05) is 24.5 Å². The van der Waals surface area contributed by atoms with Crippen LogP contribution in [0.25, 0.3) is 0 Å². The Morgan fingerprint density at radius 2 is 2.00 bits per heavy atom. The second-order valence-electron chi connectivity index (χ2n) is 7.66. The second-order valence-corrected chi connectivity index (χ2v) is 7.66. The Balaban J connectivity index is 1.44. The van der Waals surface area contributed by atoms with Gasteiger partial charge in [-0.15, -0.1) is 0 Å². The molecule has 3 unspecified atom stereocenters. The molecule has 138 valence electrons. The fraction of sp³-hybridized carbons (Fsp3) is 0.650. The quantitative estimate of drug-likeness (QED) is 0.786. The van der Waals surface area contributed by atoms with Gasteiger partial charge in [0.15, 0.2) is 0 Å². The fourth-order valence-electron chi connectivity index (χ4n) is 4.01. The average molecular weight is 345 g/mol. The van der Waals surface area contributed by atoms with Crippen LogP contribution in [0.4, 0.5) is 10.5 Å². The number of urea groups is 1. The number of carbonyl (C=O) groups excluding carboxylic acids is 1. The zero-order valence-corrected chi connectivity index (χ0v) is 15.2. The standard InChI is InChI=1S/C20H31N3O2/c1-15-7-9-18(10-8-15)23-11-3-5-17(14-23)22-20(25)21-13-16-4-2-6-19(24)12-16/h7-10,16-17,19,24H,2-6,11-14H2,1H3,(H2,21,22,25). The molecule has 1 aliphatic heterocycles. The number of aryl methyl sites for hydroxylation is 1. The molecule has 0 spiro atoms. The largest absolute Gasteiger partial charge is 0.393 e. The molecule has 0 aromatic heterocycles. The first-order valence-electron chi connectivity index (χ1n) is 9.64. The number of aliphatic hydroxyl groups is 1. The summed E-state index contributed by atoms with van der Waals surface area (Å²) in [6.45, 7) is 4.67. The molecule has 2 aliphatic rings. The number of carbonyl (C=O) groups is 1. The molecule has 3 atom stereocenters. The van der Waals surface area contributed by atoms with Gasteiger partial charge in [-0.2, -0.15) is 0 Å². The van der Waals surface area contributed by atoms with Gasteiger partial charge in [0, 0.05) is 31.4 Å². The van der Waals surface area contributed by atoms with E-state index in [9.17, 15) is 9.90 Å². The normalized spacial score (nSPS) is 27.0. The molecule has 0 radical (unpaired) electrons. The summed E-state index contributed by atoms with van der Waals surface area (Å²) in [5, 5.41) is 15.9. The van der Waals surface area contributed by atoms with E-state index >= 15 is 0 Å². The first-order valence-corrected chi connectivity index (χ1v) is 9.64. The number of nitrogens with zero attached hydrogens (tertiary/aromatic N) is 1. The Labute approximate surface area is 150 Å². The Hall–Kier alpha value is -1.75. The monoisotopic (exact) mass is 345 g/mol. The van der Waals surface area contributed by atoms with Crippen molar-refractivity contribution in [3.8, 4) is 0 Å². The van der Waals surface area contributed by atoms with Crippen LogP contribution in [0.15, 0.2) is 24.3 Å². The highest BCUT2D eigenvalue weighted by atomic mass is 16.3. The number of benzene rings is 1. The summed E-state index contributed by atoms with van der Waals surface area (Å²) in [6, 6.07) is 8.70. The lowest BCUT2D eigenvalue weighted by atomic mass is 9.87. The Bertz CT molecular complexity index is 561. The van der Waals surface area contributed by atoms with Crippen LogP contribution in [0.3, 0.4) is 0 Å². The van der Waals surface area contributed by atoms with Crippen LogP contribution >= 0.6 is 0 Å². The minimum atomic E-state index is -0.190. The van der Waals surface area contributed by atoms with E-state index in [1.165, 1.54) is 11.3 Å². The lowest BCUT2D eigenvalue weighted by Crippen LogP contribution is -2.51. The van der Waals surface area contributed by atoms with Crippen molar-refractivity contribution < 1.29 is 9.90 Å². The highest BCUT2D eigenvalue weighted by Crippen LogP contribution is 2.23. The maximum atomic E-state index is 12.2. The smallest absolute Gasteiger partial charge is 0.315 e. The maximum absolute atomic E-state index is 12.2. The first-order chi connectivity index (χ1) is 12.1. The molecule has 25 heavy (non-hydrogen) atoms. The van der Waals surface area contributed by atoms with Gasteiger partial charge < -0.3 is 20.6 Å². The summed E-state index contributed by atoms with van der Waals surface area (Å²) in [5.74, 6) is 0.407. The van der Waals surface area contributed by atoms with Crippen molar-refractivity contribution >= 4 is 11.7 Å². The molecule has 2 fully saturated rings. The number of nitrogens with one attached hydrogen (secondary N) is 2. The molecule has 1 saturated heterocycles. The topological polar surface area (TPSA) is 64.6 Å². The van der Waals surface area contributed by atoms with E-state index in [0.29, 0.717) is 12.5 Å². The highest BCUT2D eigenvalue weighted by molar-refractivity contribution is 5.74. The molecular formula is C20H31N3O2. The Morgan fingerprint density at radius 3 is 2.76 bits per heavy atom. The van der Waals surface area contributed by atoms with Gasteiger partial charge in [0.2, 0.25) is 0 Å². The van der Waals surface area contributed by atoms with E-state index in [-0.39, 0.29) is 18.2 Å². The summed E-state index contributed by atoms with van der Waals surface area (Å²) in [5.41, 5.74) is 2.50. The number of rotatable bonds is 4. The van der Waals surface area contributed by atoms with Crippen LogP contribution in [0.1, 0.15) is 44.1 Å². The molecule has 5 heteroatoms. The molecule has 1 saturated carbocycles. The number of aliphatic hydroxyl groups excluding tert-OH is 1. The number of anilines is 1. The first kappa shape index (κ1) is 18.1. The van der Waals surface area contributed by atoms with Crippen molar-refractivity contribution in [2.24, 2.45) is 5.92 Å². The van der Waals surface area contributed by atoms with Crippen LogP contribution in [-0.4, -0.2) is 42.9 Å². The van der Waals surface area contributed by atoms with E-state index in [0.717, 1.165) is 51.6 Å². The van der Waals surface area contributed by atoms with Crippen LogP contribution in [0.2, 0.25) is 0 Å². The third-order valence-corrected chi connectivity index (χ3v) is 5.46. The lowest BCUT2D eigenvalue weighted by molar-refractivity contribution is 0.101. The van der Waals surface area contributed by atoms with E-state index in [2.05, 4.69) is 46.7 Å². The van der Waals surface area contributed by atoms with Gasteiger partial charge in [0.25, 0.3) is 0 Å². The van der Waals surface area contributed by atoms with Crippen LogP contribution < -0.4 is 15.5 Å². The van der Waals surface area contributed by atoms with Crippen molar-refractivity contribution in [3.63, 3.8) is 0 Å². The van der Waals surface area contributed by atoms with Gasteiger partial charge in [0.05, 0.1) is 6.10 Å². The van der Waals surface area contributed by atoms with Crippen LogP contribution in [0.5, 0.6) is 0 Å². The number of piperidine rings is 1. The van der Waals surface area contributed by atoms with E-state index in [1.807, 2.05) is 0 Å². The lowest BCUT2D eigenvalue weighted by Gasteiger charge is -2.35. The van der Waals surface area contributed by atoms with Crippen molar-refractivity contribution in [1.29, 1.82) is 0 Å². The Morgan fingerprint density at radius 1 is 1.20 bits per heavy atom. The number of hydrogen-bond acceptors (Lipinski definition) is 3. The molecule has 3 N–H and O–H groups in total. The van der Waals surface area contributed by atoms with Crippen molar-refractivity contribution in [3.05, 3.63) is 29.8 Å². The molecule has 1 aliphatic carbocycles. The van der Waals surface area contributed by atoms with Gasteiger partial charge >= 0.3 is 6.03 Å². The van der Waals surface area contributed by atoms with Crippen molar-refractivity contribution in [2.45, 2.75) is 57.6 Å². The summed E-state index contributed by atoms with van der Waals surface area (Å²) >= 11 is 0. The van der Waals surface area contributed by atoms with E-state index in [1.54, 1.807) is 0 Å². The molecular weight excluding hydrogens is 314 g/mol. The molecule has 5 nitrogen and oxygen atoms in total. The SMILES string of the molecule is Cc1ccc(N2CCCC(NC(=O)NCC3CCCC(O)C3)C2)cc1. The maximum Gasteiger partial charge on any atom is 0.315 e. The Kier molecular flexibility index (Phi) is 6.19. The average Bonchev–Trinajstić information content (AvgIpc) is 2.61. The minimum absolute atomic E-state index is 0.0733. The van der Waals surface area contributed by atoms with Crippen LogP contribution in [-0.2, 0) is 0 Å². The van der Waals surface area contributed by atoms with Gasteiger partial charge in [-0.3, -0.25) is 0 Å². The van der Waals surface area contributed by atoms with Gasteiger partial charge in [0.1, 0.15) is 0 Å². The van der Waals surface area contributed by atoms with Gasteiger partial charge in [-0.05, 0) is 57.1 Å². The summed E-state index contributed by atoms with van der Waals surface area (Å²) in [6.07, 6.45) is 5.80. The second kappa shape index (κ2) is 8.56. The third-order valence-electron chi connectivity index (χ3n) is 5.46. The summed E-state index contributed by atoms with van der Waals surface area (Å²) in [7, 11) is 0. The van der Waals surface area contributed by atoms with Crippen LogP contribution in [0, 0.1) is 12.8 Å². The zero-order valence-electron chi connectivity index (χ0n) is 15.2. The van der Waals surface area contributed by atoms with E-state index in [4.69, 9.17) is 0 Å². The number of hydrogen-bond donors (Lipinski definition) is 3. The van der Waals surface area contributed by atoms with Gasteiger partial charge in [-0.25, -0.2) is 4.79 Å². The third kappa shape index (κ3) is 5.36. The molecule has 2 amide bonds.